The monoisotopic (exact) mass is 301 g/mol. The normalized spacial score (nSPS) is 16.8. The third kappa shape index (κ3) is 3.26. The summed E-state index contributed by atoms with van der Waals surface area (Å²) in [6, 6.07) is 4.19. The number of rotatable bonds is 5. The summed E-state index contributed by atoms with van der Waals surface area (Å²) in [5.74, 6) is -0.879. The van der Waals surface area contributed by atoms with Crippen molar-refractivity contribution in [3.05, 3.63) is 34.1 Å². The van der Waals surface area contributed by atoms with E-state index in [1.54, 1.807) is 12.1 Å². The van der Waals surface area contributed by atoms with Gasteiger partial charge in [0.1, 0.15) is 11.9 Å². The van der Waals surface area contributed by atoms with Crippen LogP contribution in [-0.2, 0) is 11.3 Å². The fourth-order valence-electron chi connectivity index (χ4n) is 1.76. The fraction of sp³-hybridized carbons (Fsp3) is 0.417. The zero-order valence-corrected chi connectivity index (χ0v) is 10.7. The van der Waals surface area contributed by atoms with Gasteiger partial charge in [-0.2, -0.15) is 0 Å². The van der Waals surface area contributed by atoms with E-state index in [0.717, 1.165) is 18.4 Å². The topological polar surface area (TPSA) is 49.3 Å². The van der Waals surface area contributed by atoms with Crippen LogP contribution in [0.5, 0.6) is 0 Å². The van der Waals surface area contributed by atoms with Crippen LogP contribution in [0, 0.1) is 11.7 Å². The quantitative estimate of drug-likeness (QED) is 0.879. The van der Waals surface area contributed by atoms with Crippen LogP contribution in [0.4, 0.5) is 4.39 Å². The SMILES string of the molecule is O=C(O)C(NCc1ccc(F)c(Br)c1)C1CC1. The summed E-state index contributed by atoms with van der Waals surface area (Å²) in [5, 5.41) is 12.0. The highest BCUT2D eigenvalue weighted by atomic mass is 79.9. The molecule has 1 aromatic rings. The Labute approximate surface area is 107 Å². The van der Waals surface area contributed by atoms with E-state index >= 15 is 0 Å². The second kappa shape index (κ2) is 5.14. The van der Waals surface area contributed by atoms with Crippen LogP contribution in [0.2, 0.25) is 0 Å². The molecule has 2 rings (SSSR count). The van der Waals surface area contributed by atoms with Gasteiger partial charge in [-0.25, -0.2) is 4.39 Å². The lowest BCUT2D eigenvalue weighted by atomic mass is 10.1. The summed E-state index contributed by atoms with van der Waals surface area (Å²) in [6.45, 7) is 0.437. The van der Waals surface area contributed by atoms with Crippen LogP contribution in [0.15, 0.2) is 22.7 Å². The summed E-state index contributed by atoms with van der Waals surface area (Å²) in [5.41, 5.74) is 0.866. The zero-order chi connectivity index (χ0) is 12.4. The highest BCUT2D eigenvalue weighted by molar-refractivity contribution is 9.10. The van der Waals surface area contributed by atoms with E-state index in [1.165, 1.54) is 6.07 Å². The van der Waals surface area contributed by atoms with E-state index < -0.39 is 12.0 Å². The Kier molecular flexibility index (Phi) is 3.79. The van der Waals surface area contributed by atoms with Crippen molar-refractivity contribution in [2.75, 3.05) is 0 Å². The summed E-state index contributed by atoms with van der Waals surface area (Å²) in [6.07, 6.45) is 1.94. The van der Waals surface area contributed by atoms with Crippen LogP contribution >= 0.6 is 15.9 Å². The van der Waals surface area contributed by atoms with E-state index in [4.69, 9.17) is 5.11 Å². The van der Waals surface area contributed by atoms with Crippen LogP contribution in [-0.4, -0.2) is 17.1 Å². The van der Waals surface area contributed by atoms with Gasteiger partial charge in [0.2, 0.25) is 0 Å². The zero-order valence-electron chi connectivity index (χ0n) is 9.12. The van der Waals surface area contributed by atoms with Crippen molar-refractivity contribution in [3.8, 4) is 0 Å². The lowest BCUT2D eigenvalue weighted by molar-refractivity contribution is -0.140. The Morgan fingerprint density at radius 2 is 2.29 bits per heavy atom. The van der Waals surface area contributed by atoms with Crippen molar-refractivity contribution in [1.29, 1.82) is 0 Å². The minimum Gasteiger partial charge on any atom is -0.480 e. The molecule has 1 atom stereocenters. The van der Waals surface area contributed by atoms with Crippen LogP contribution in [0.1, 0.15) is 18.4 Å². The number of carboxylic acid groups (broad SMARTS) is 1. The summed E-state index contributed by atoms with van der Waals surface area (Å²) < 4.78 is 13.4. The van der Waals surface area contributed by atoms with E-state index in [2.05, 4.69) is 21.2 Å². The Morgan fingerprint density at radius 3 is 2.82 bits per heavy atom. The molecule has 1 saturated carbocycles. The molecule has 0 aromatic heterocycles. The molecule has 0 heterocycles. The molecule has 3 nitrogen and oxygen atoms in total. The molecule has 5 heteroatoms. The van der Waals surface area contributed by atoms with Crippen molar-refractivity contribution < 1.29 is 14.3 Å². The predicted molar refractivity (Wildman–Crippen MR) is 65.1 cm³/mol. The maximum Gasteiger partial charge on any atom is 0.320 e. The Hall–Kier alpha value is -0.940. The number of carbonyl (C=O) groups is 1. The summed E-state index contributed by atoms with van der Waals surface area (Å²) in [7, 11) is 0. The number of halogens is 2. The first-order chi connectivity index (χ1) is 8.08. The standard InChI is InChI=1S/C12H13BrFNO2/c13-9-5-7(1-4-10(9)14)6-15-11(12(16)17)8-2-3-8/h1,4-5,8,11,15H,2-3,6H2,(H,16,17). The van der Waals surface area contributed by atoms with Crippen LogP contribution < -0.4 is 5.32 Å². The van der Waals surface area contributed by atoms with Crippen molar-refractivity contribution in [2.45, 2.75) is 25.4 Å². The van der Waals surface area contributed by atoms with E-state index in [-0.39, 0.29) is 11.7 Å². The minimum absolute atomic E-state index is 0.247. The number of aliphatic carboxylic acids is 1. The number of hydrogen-bond acceptors (Lipinski definition) is 2. The van der Waals surface area contributed by atoms with Crippen molar-refractivity contribution in [3.63, 3.8) is 0 Å². The molecule has 1 fully saturated rings. The molecule has 1 unspecified atom stereocenters. The molecule has 0 radical (unpaired) electrons. The number of carboxylic acids is 1. The van der Waals surface area contributed by atoms with Gasteiger partial charge >= 0.3 is 5.97 Å². The molecule has 1 aliphatic rings. The van der Waals surface area contributed by atoms with E-state index in [9.17, 15) is 9.18 Å². The highest BCUT2D eigenvalue weighted by Gasteiger charge is 2.35. The second-order valence-corrected chi connectivity index (χ2v) is 5.14. The lowest BCUT2D eigenvalue weighted by Gasteiger charge is -2.13. The average molecular weight is 302 g/mol. The number of benzene rings is 1. The highest BCUT2D eigenvalue weighted by Crippen LogP contribution is 2.32. The largest absolute Gasteiger partial charge is 0.480 e. The van der Waals surface area contributed by atoms with Gasteiger partial charge in [-0.05, 0) is 52.4 Å². The third-order valence-electron chi connectivity index (χ3n) is 2.87. The third-order valence-corrected chi connectivity index (χ3v) is 3.48. The smallest absolute Gasteiger partial charge is 0.320 e. The Balaban J connectivity index is 1.96. The van der Waals surface area contributed by atoms with E-state index in [1.807, 2.05) is 0 Å². The molecule has 0 bridgehead atoms. The lowest BCUT2D eigenvalue weighted by Crippen LogP contribution is -2.38. The number of hydrogen-bond donors (Lipinski definition) is 2. The van der Waals surface area contributed by atoms with Gasteiger partial charge in [-0.3, -0.25) is 4.79 Å². The van der Waals surface area contributed by atoms with Crippen molar-refractivity contribution in [2.24, 2.45) is 5.92 Å². The molecule has 0 amide bonds. The Morgan fingerprint density at radius 1 is 1.59 bits per heavy atom. The minimum atomic E-state index is -0.811. The molecule has 2 N–H and O–H groups in total. The molecular weight excluding hydrogens is 289 g/mol. The molecule has 1 aromatic carbocycles. The van der Waals surface area contributed by atoms with Gasteiger partial charge in [0.25, 0.3) is 0 Å². The molecule has 1 aliphatic carbocycles. The van der Waals surface area contributed by atoms with Gasteiger partial charge in [-0.1, -0.05) is 6.07 Å². The Bertz CT molecular complexity index is 435. The second-order valence-electron chi connectivity index (χ2n) is 4.28. The maximum atomic E-state index is 13.0. The molecule has 17 heavy (non-hydrogen) atoms. The van der Waals surface area contributed by atoms with Crippen molar-refractivity contribution in [1.82, 2.24) is 5.32 Å². The van der Waals surface area contributed by atoms with Gasteiger partial charge in [-0.15, -0.1) is 0 Å². The van der Waals surface area contributed by atoms with Gasteiger partial charge in [0.15, 0.2) is 0 Å². The van der Waals surface area contributed by atoms with Crippen LogP contribution in [0.3, 0.4) is 0 Å². The van der Waals surface area contributed by atoms with E-state index in [0.29, 0.717) is 11.0 Å². The first-order valence-corrected chi connectivity index (χ1v) is 6.27. The maximum absolute atomic E-state index is 13.0. The first kappa shape index (κ1) is 12.5. The predicted octanol–water partition coefficient (Wildman–Crippen LogP) is 2.54. The summed E-state index contributed by atoms with van der Waals surface area (Å²) in [4.78, 5) is 11.0. The molecular formula is C12H13BrFNO2. The molecule has 0 saturated heterocycles. The molecule has 0 aliphatic heterocycles. The fourth-order valence-corrected chi connectivity index (χ4v) is 2.19. The first-order valence-electron chi connectivity index (χ1n) is 5.48. The van der Waals surface area contributed by atoms with Gasteiger partial charge < -0.3 is 10.4 Å². The average Bonchev–Trinajstić information content (AvgIpc) is 3.07. The number of nitrogens with one attached hydrogen (secondary N) is 1. The van der Waals surface area contributed by atoms with Gasteiger partial charge in [0, 0.05) is 6.54 Å². The molecule has 92 valence electrons. The van der Waals surface area contributed by atoms with Gasteiger partial charge in [0.05, 0.1) is 4.47 Å². The van der Waals surface area contributed by atoms with Crippen molar-refractivity contribution >= 4 is 21.9 Å². The molecule has 0 spiro atoms. The van der Waals surface area contributed by atoms with Crippen LogP contribution in [0.25, 0.3) is 0 Å². The summed E-state index contributed by atoms with van der Waals surface area (Å²) >= 11 is 3.10.